The lowest BCUT2D eigenvalue weighted by molar-refractivity contribution is 0.110. The van der Waals surface area contributed by atoms with Crippen molar-refractivity contribution >= 4 is 0 Å². The molecule has 3 rings (SSSR count). The van der Waals surface area contributed by atoms with E-state index in [1.165, 1.54) is 6.20 Å². The number of hydrogen-bond acceptors (Lipinski definition) is 5. The summed E-state index contributed by atoms with van der Waals surface area (Å²) in [4.78, 5) is 6.29. The van der Waals surface area contributed by atoms with Crippen LogP contribution < -0.4 is 0 Å². The third-order valence-corrected chi connectivity index (χ3v) is 4.35. The van der Waals surface area contributed by atoms with Gasteiger partial charge >= 0.3 is 0 Å². The largest absolute Gasteiger partial charge is 0.506 e. The molecule has 104 valence electrons. The van der Waals surface area contributed by atoms with Crippen molar-refractivity contribution in [2.75, 3.05) is 19.6 Å². The maximum Gasteiger partial charge on any atom is 0.133 e. The van der Waals surface area contributed by atoms with E-state index in [9.17, 15) is 15.3 Å². The lowest BCUT2D eigenvalue weighted by atomic mass is 10.0. The fourth-order valence-corrected chi connectivity index (χ4v) is 3.45. The van der Waals surface area contributed by atoms with E-state index in [2.05, 4.69) is 9.88 Å². The molecule has 0 radical (unpaired) electrons. The van der Waals surface area contributed by atoms with Crippen LogP contribution in [0.4, 0.5) is 0 Å². The molecule has 3 N–H and O–H groups in total. The maximum atomic E-state index is 10.2. The number of hydrogen-bond donors (Lipinski definition) is 3. The molecule has 0 bridgehead atoms. The molecule has 2 aliphatic rings. The Morgan fingerprint density at radius 3 is 2.53 bits per heavy atom. The van der Waals surface area contributed by atoms with Crippen molar-refractivity contribution < 1.29 is 15.3 Å². The van der Waals surface area contributed by atoms with E-state index in [0.717, 1.165) is 25.9 Å². The van der Waals surface area contributed by atoms with E-state index in [-0.39, 0.29) is 11.9 Å². The summed E-state index contributed by atoms with van der Waals surface area (Å²) in [7, 11) is 0. The van der Waals surface area contributed by atoms with Gasteiger partial charge in [0.15, 0.2) is 0 Å². The molecular formula is C14H20N2O3. The molecule has 5 heteroatoms. The summed E-state index contributed by atoms with van der Waals surface area (Å²) >= 11 is 0. The van der Waals surface area contributed by atoms with E-state index in [4.69, 9.17) is 0 Å². The monoisotopic (exact) mass is 264 g/mol. The van der Waals surface area contributed by atoms with Crippen molar-refractivity contribution in [1.29, 1.82) is 0 Å². The quantitative estimate of drug-likeness (QED) is 0.742. The van der Waals surface area contributed by atoms with Crippen LogP contribution in [-0.2, 0) is 0 Å². The molecule has 1 aromatic heterocycles. The van der Waals surface area contributed by atoms with Gasteiger partial charge in [-0.05, 0) is 36.8 Å². The average Bonchev–Trinajstić information content (AvgIpc) is 2.86. The second-order valence-corrected chi connectivity index (χ2v) is 5.82. The Kier molecular flexibility index (Phi) is 3.43. The lowest BCUT2D eigenvalue weighted by Gasteiger charge is -2.21. The van der Waals surface area contributed by atoms with Crippen LogP contribution in [0.15, 0.2) is 18.3 Å². The number of β-amino-alcohol motifs (C(OH)–C–C–N with tert-alkyl or cyclic N) is 1. The van der Waals surface area contributed by atoms with Crippen LogP contribution in [0, 0.1) is 11.8 Å². The molecule has 3 unspecified atom stereocenters. The highest BCUT2D eigenvalue weighted by Gasteiger charge is 2.40. The van der Waals surface area contributed by atoms with Crippen molar-refractivity contribution in [3.8, 4) is 5.75 Å². The number of aliphatic hydroxyl groups excluding tert-OH is 2. The third-order valence-electron chi connectivity index (χ3n) is 4.35. The van der Waals surface area contributed by atoms with Crippen LogP contribution in [0.3, 0.4) is 0 Å². The van der Waals surface area contributed by atoms with Gasteiger partial charge in [0.1, 0.15) is 11.9 Å². The Hall–Kier alpha value is -1.17. The summed E-state index contributed by atoms with van der Waals surface area (Å²) in [5.74, 6) is 1.27. The molecule has 19 heavy (non-hydrogen) atoms. The molecule has 1 aliphatic heterocycles. The van der Waals surface area contributed by atoms with Gasteiger partial charge in [0.2, 0.25) is 0 Å². The Morgan fingerprint density at radius 2 is 1.95 bits per heavy atom. The van der Waals surface area contributed by atoms with Gasteiger partial charge in [-0.15, -0.1) is 0 Å². The van der Waals surface area contributed by atoms with Gasteiger partial charge in [-0.1, -0.05) is 0 Å². The van der Waals surface area contributed by atoms with E-state index < -0.39 is 6.10 Å². The molecular weight excluding hydrogens is 244 g/mol. The van der Waals surface area contributed by atoms with Crippen LogP contribution in [-0.4, -0.2) is 50.9 Å². The van der Waals surface area contributed by atoms with Crippen LogP contribution in [0.5, 0.6) is 5.75 Å². The van der Waals surface area contributed by atoms with E-state index in [1.54, 1.807) is 12.1 Å². The zero-order valence-corrected chi connectivity index (χ0v) is 10.8. The van der Waals surface area contributed by atoms with Crippen LogP contribution in [0.2, 0.25) is 0 Å². The summed E-state index contributed by atoms with van der Waals surface area (Å²) in [5, 5.41) is 28.9. The molecule has 1 aromatic rings. The van der Waals surface area contributed by atoms with Gasteiger partial charge in [-0.3, -0.25) is 9.88 Å². The number of rotatable bonds is 3. The van der Waals surface area contributed by atoms with Crippen LogP contribution >= 0.6 is 0 Å². The zero-order valence-electron chi connectivity index (χ0n) is 10.8. The Morgan fingerprint density at radius 1 is 1.26 bits per heavy atom. The fourth-order valence-electron chi connectivity index (χ4n) is 3.45. The predicted octanol–water partition coefficient (Wildman–Crippen LogP) is 0.523. The van der Waals surface area contributed by atoms with E-state index >= 15 is 0 Å². The van der Waals surface area contributed by atoms with Crippen molar-refractivity contribution in [3.05, 3.63) is 24.0 Å². The molecule has 3 atom stereocenters. The molecule has 2 heterocycles. The highest BCUT2D eigenvalue weighted by molar-refractivity contribution is 5.19. The van der Waals surface area contributed by atoms with E-state index in [0.29, 0.717) is 24.1 Å². The summed E-state index contributed by atoms with van der Waals surface area (Å²) in [6.45, 7) is 2.48. The van der Waals surface area contributed by atoms with Crippen molar-refractivity contribution in [2.24, 2.45) is 11.8 Å². The molecule has 5 nitrogen and oxygen atoms in total. The molecule has 0 aromatic carbocycles. The van der Waals surface area contributed by atoms with Crippen LogP contribution in [0.1, 0.15) is 24.6 Å². The summed E-state index contributed by atoms with van der Waals surface area (Å²) in [6, 6.07) is 3.20. The highest BCUT2D eigenvalue weighted by atomic mass is 16.3. The van der Waals surface area contributed by atoms with Crippen molar-refractivity contribution in [1.82, 2.24) is 9.88 Å². The minimum Gasteiger partial charge on any atom is -0.506 e. The summed E-state index contributed by atoms with van der Waals surface area (Å²) in [5.41, 5.74) is 0.592. The molecule has 2 fully saturated rings. The first kappa shape index (κ1) is 12.8. The first-order chi connectivity index (χ1) is 9.11. The Labute approximate surface area is 112 Å². The van der Waals surface area contributed by atoms with Gasteiger partial charge in [0.25, 0.3) is 0 Å². The maximum absolute atomic E-state index is 10.2. The predicted molar refractivity (Wildman–Crippen MR) is 69.5 cm³/mol. The molecule has 1 saturated heterocycles. The highest BCUT2D eigenvalue weighted by Crippen LogP contribution is 2.38. The van der Waals surface area contributed by atoms with Gasteiger partial charge in [-0.2, -0.15) is 0 Å². The minimum absolute atomic E-state index is 0.112. The number of aromatic nitrogens is 1. The number of aromatic hydroxyl groups is 1. The first-order valence-electron chi connectivity index (χ1n) is 6.85. The summed E-state index contributed by atoms with van der Waals surface area (Å²) in [6.07, 6.45) is 2.40. The molecule has 0 amide bonds. The normalized spacial score (nSPS) is 32.4. The van der Waals surface area contributed by atoms with Gasteiger partial charge < -0.3 is 15.3 Å². The van der Waals surface area contributed by atoms with Crippen molar-refractivity contribution in [2.45, 2.75) is 25.0 Å². The Balaban J connectivity index is 1.56. The molecule has 1 aliphatic carbocycles. The Bertz CT molecular complexity index is 423. The SMILES string of the molecule is Oc1ccc(C(O)CN2CC3CC(O)CC3C2)nc1. The van der Waals surface area contributed by atoms with Crippen molar-refractivity contribution in [3.63, 3.8) is 0 Å². The van der Waals surface area contributed by atoms with Gasteiger partial charge in [0, 0.05) is 19.6 Å². The summed E-state index contributed by atoms with van der Waals surface area (Å²) < 4.78 is 0. The van der Waals surface area contributed by atoms with Gasteiger partial charge in [-0.25, -0.2) is 0 Å². The lowest BCUT2D eigenvalue weighted by Crippen LogP contribution is -2.28. The number of aliphatic hydroxyl groups is 2. The average molecular weight is 264 g/mol. The first-order valence-corrected chi connectivity index (χ1v) is 6.85. The van der Waals surface area contributed by atoms with E-state index in [1.807, 2.05) is 0 Å². The molecule has 0 spiro atoms. The topological polar surface area (TPSA) is 76.8 Å². The van der Waals surface area contributed by atoms with Crippen LogP contribution in [0.25, 0.3) is 0 Å². The van der Waals surface area contributed by atoms with Gasteiger partial charge in [0.05, 0.1) is 18.0 Å². The molecule has 1 saturated carbocycles. The number of likely N-dealkylation sites (tertiary alicyclic amines) is 1. The second-order valence-electron chi connectivity index (χ2n) is 5.82. The number of fused-ring (bicyclic) bond motifs is 1. The minimum atomic E-state index is -0.621. The third kappa shape index (κ3) is 2.73. The standard InChI is InChI=1S/C14H20N2O3/c17-11-1-2-13(15-5-11)14(19)8-16-6-9-3-12(18)4-10(9)7-16/h1-2,5,9-10,12,14,17-19H,3-4,6-8H2. The second kappa shape index (κ2) is 5.07. The number of nitrogens with zero attached hydrogens (tertiary/aromatic N) is 2. The smallest absolute Gasteiger partial charge is 0.133 e. The zero-order chi connectivity index (χ0) is 13.4. The fraction of sp³-hybridized carbons (Fsp3) is 0.643. The number of pyridine rings is 1.